The fourth-order valence-corrected chi connectivity index (χ4v) is 2.34. The van der Waals surface area contributed by atoms with E-state index in [4.69, 9.17) is 0 Å². The molecule has 19 heavy (non-hydrogen) atoms. The van der Waals surface area contributed by atoms with Crippen LogP contribution >= 0.6 is 0 Å². The van der Waals surface area contributed by atoms with Crippen LogP contribution in [0.25, 0.3) is 0 Å². The summed E-state index contributed by atoms with van der Waals surface area (Å²) in [4.78, 5) is 0. The van der Waals surface area contributed by atoms with E-state index in [1.807, 2.05) is 37.3 Å². The fourth-order valence-electron chi connectivity index (χ4n) is 2.34. The molecule has 0 aromatic heterocycles. The van der Waals surface area contributed by atoms with Crippen molar-refractivity contribution >= 4 is 5.71 Å². The van der Waals surface area contributed by atoms with E-state index in [2.05, 4.69) is 22.7 Å². The summed E-state index contributed by atoms with van der Waals surface area (Å²) in [6, 6.07) is 16.2. The highest BCUT2D eigenvalue weighted by Crippen LogP contribution is 2.26. The minimum Gasteiger partial charge on any atom is -0.508 e. The number of phenolic OH excluding ortho intramolecular Hbond substituents is 1. The summed E-state index contributed by atoms with van der Waals surface area (Å²) in [6.07, 6.45) is 0.869. The smallest absolute Gasteiger partial charge is 0.118 e. The van der Waals surface area contributed by atoms with Crippen molar-refractivity contribution in [2.45, 2.75) is 19.4 Å². The molecule has 0 spiro atoms. The molecular formula is C16H16N2O. The predicted octanol–water partition coefficient (Wildman–Crippen LogP) is 3.14. The van der Waals surface area contributed by atoms with Crippen molar-refractivity contribution in [1.29, 1.82) is 0 Å². The quantitative estimate of drug-likeness (QED) is 0.862. The summed E-state index contributed by atoms with van der Waals surface area (Å²) in [5, 5.41) is 14.0. The lowest BCUT2D eigenvalue weighted by Crippen LogP contribution is -2.09. The van der Waals surface area contributed by atoms with E-state index in [0.29, 0.717) is 5.75 Å². The molecule has 0 aliphatic carbocycles. The van der Waals surface area contributed by atoms with Crippen molar-refractivity contribution in [3.63, 3.8) is 0 Å². The summed E-state index contributed by atoms with van der Waals surface area (Å²) >= 11 is 0. The molecule has 0 saturated heterocycles. The van der Waals surface area contributed by atoms with E-state index in [1.54, 1.807) is 6.07 Å². The minimum absolute atomic E-state index is 0.241. The van der Waals surface area contributed by atoms with Gasteiger partial charge in [-0.25, -0.2) is 0 Å². The summed E-state index contributed by atoms with van der Waals surface area (Å²) < 4.78 is 0. The maximum absolute atomic E-state index is 9.56. The zero-order chi connectivity index (χ0) is 13.2. The second-order valence-electron chi connectivity index (χ2n) is 4.86. The topological polar surface area (TPSA) is 44.6 Å². The van der Waals surface area contributed by atoms with Crippen molar-refractivity contribution in [3.05, 3.63) is 65.2 Å². The molecule has 1 unspecified atom stereocenters. The zero-order valence-electron chi connectivity index (χ0n) is 10.8. The first-order chi connectivity index (χ1) is 9.24. The molecule has 1 aliphatic rings. The summed E-state index contributed by atoms with van der Waals surface area (Å²) in [5.74, 6) is 0.329. The van der Waals surface area contributed by atoms with Crippen LogP contribution < -0.4 is 5.43 Å². The van der Waals surface area contributed by atoms with E-state index in [-0.39, 0.29) is 6.04 Å². The number of phenols is 1. The van der Waals surface area contributed by atoms with Gasteiger partial charge in [0.25, 0.3) is 0 Å². The van der Waals surface area contributed by atoms with Crippen molar-refractivity contribution in [3.8, 4) is 5.75 Å². The highest BCUT2D eigenvalue weighted by atomic mass is 16.3. The molecule has 3 heteroatoms. The molecular weight excluding hydrogens is 236 g/mol. The third kappa shape index (κ3) is 2.32. The number of hydrogen-bond acceptors (Lipinski definition) is 3. The van der Waals surface area contributed by atoms with Crippen molar-refractivity contribution in [2.75, 3.05) is 0 Å². The van der Waals surface area contributed by atoms with Gasteiger partial charge in [-0.2, -0.15) is 5.10 Å². The Labute approximate surface area is 112 Å². The number of rotatable bonds is 2. The van der Waals surface area contributed by atoms with Crippen LogP contribution in [0.2, 0.25) is 0 Å². The van der Waals surface area contributed by atoms with Crippen LogP contribution in [-0.4, -0.2) is 10.8 Å². The molecule has 0 saturated carbocycles. The Kier molecular flexibility index (Phi) is 2.95. The Bertz CT molecular complexity index is 620. The zero-order valence-corrected chi connectivity index (χ0v) is 10.8. The molecule has 3 nitrogen and oxygen atoms in total. The molecule has 0 fully saturated rings. The second-order valence-corrected chi connectivity index (χ2v) is 4.86. The SMILES string of the molecule is Cc1cc(C2=NNC(c3ccccc3)C2)ccc1O. The largest absolute Gasteiger partial charge is 0.508 e. The maximum Gasteiger partial charge on any atom is 0.118 e. The van der Waals surface area contributed by atoms with E-state index in [0.717, 1.165) is 23.3 Å². The molecule has 0 amide bonds. The lowest BCUT2D eigenvalue weighted by Gasteiger charge is -2.09. The Hall–Kier alpha value is -2.29. The van der Waals surface area contributed by atoms with Crippen molar-refractivity contribution in [1.82, 2.24) is 5.43 Å². The molecule has 96 valence electrons. The standard InChI is InChI=1S/C16H16N2O/c1-11-9-13(7-8-16(11)19)15-10-14(17-18-15)12-5-3-2-4-6-12/h2-9,14,17,19H,10H2,1H3. The van der Waals surface area contributed by atoms with Crippen LogP contribution in [0.4, 0.5) is 0 Å². The number of hydrazone groups is 1. The van der Waals surface area contributed by atoms with Gasteiger partial charge in [0.2, 0.25) is 0 Å². The molecule has 0 radical (unpaired) electrons. The number of aromatic hydroxyl groups is 1. The van der Waals surface area contributed by atoms with Crippen LogP contribution in [0, 0.1) is 6.92 Å². The number of benzene rings is 2. The lowest BCUT2D eigenvalue weighted by molar-refractivity contribution is 0.471. The van der Waals surface area contributed by atoms with E-state index >= 15 is 0 Å². The van der Waals surface area contributed by atoms with E-state index in [1.165, 1.54) is 5.56 Å². The van der Waals surface area contributed by atoms with E-state index < -0.39 is 0 Å². The van der Waals surface area contributed by atoms with Gasteiger partial charge < -0.3 is 10.5 Å². The maximum atomic E-state index is 9.56. The first kappa shape index (κ1) is 11.8. The second kappa shape index (κ2) is 4.76. The van der Waals surface area contributed by atoms with Gasteiger partial charge in [-0.1, -0.05) is 30.3 Å². The minimum atomic E-state index is 0.241. The molecule has 1 aliphatic heterocycles. The van der Waals surface area contributed by atoms with Crippen molar-refractivity contribution < 1.29 is 5.11 Å². The highest BCUT2D eigenvalue weighted by molar-refractivity contribution is 6.02. The number of hydrogen-bond donors (Lipinski definition) is 2. The van der Waals surface area contributed by atoms with Gasteiger partial charge in [0, 0.05) is 6.42 Å². The first-order valence-corrected chi connectivity index (χ1v) is 6.41. The summed E-state index contributed by atoms with van der Waals surface area (Å²) in [5.41, 5.74) is 7.42. The predicted molar refractivity (Wildman–Crippen MR) is 76.3 cm³/mol. The van der Waals surface area contributed by atoms with Gasteiger partial charge in [0.05, 0.1) is 11.8 Å². The molecule has 2 N–H and O–H groups in total. The van der Waals surface area contributed by atoms with Crippen LogP contribution in [0.15, 0.2) is 53.6 Å². The van der Waals surface area contributed by atoms with Gasteiger partial charge in [-0.15, -0.1) is 0 Å². The van der Waals surface area contributed by atoms with Crippen LogP contribution in [0.5, 0.6) is 5.75 Å². The third-order valence-electron chi connectivity index (χ3n) is 3.48. The van der Waals surface area contributed by atoms with Crippen LogP contribution in [0.1, 0.15) is 29.2 Å². The van der Waals surface area contributed by atoms with Gasteiger partial charge in [0.1, 0.15) is 5.75 Å². The van der Waals surface area contributed by atoms with Gasteiger partial charge in [0.15, 0.2) is 0 Å². The normalized spacial score (nSPS) is 17.9. The monoisotopic (exact) mass is 252 g/mol. The van der Waals surface area contributed by atoms with E-state index in [9.17, 15) is 5.11 Å². The Morgan fingerprint density at radius 1 is 1.16 bits per heavy atom. The van der Waals surface area contributed by atoms with Crippen LogP contribution in [-0.2, 0) is 0 Å². The number of aryl methyl sites for hydroxylation is 1. The molecule has 1 heterocycles. The van der Waals surface area contributed by atoms with Crippen LogP contribution in [0.3, 0.4) is 0 Å². The van der Waals surface area contributed by atoms with Gasteiger partial charge in [-0.3, -0.25) is 0 Å². The summed E-state index contributed by atoms with van der Waals surface area (Å²) in [6.45, 7) is 1.90. The highest BCUT2D eigenvalue weighted by Gasteiger charge is 2.21. The summed E-state index contributed by atoms with van der Waals surface area (Å²) in [7, 11) is 0. The molecule has 3 rings (SSSR count). The molecule has 2 aromatic carbocycles. The first-order valence-electron chi connectivity index (χ1n) is 6.41. The lowest BCUT2D eigenvalue weighted by atomic mass is 9.98. The molecule has 0 bridgehead atoms. The Morgan fingerprint density at radius 2 is 1.95 bits per heavy atom. The Balaban J connectivity index is 1.80. The Morgan fingerprint density at radius 3 is 2.68 bits per heavy atom. The van der Waals surface area contributed by atoms with Gasteiger partial charge >= 0.3 is 0 Å². The number of nitrogens with one attached hydrogen (secondary N) is 1. The molecule has 2 aromatic rings. The van der Waals surface area contributed by atoms with Gasteiger partial charge in [-0.05, 0) is 41.8 Å². The molecule has 1 atom stereocenters. The average molecular weight is 252 g/mol. The number of nitrogens with zero attached hydrogens (tertiary/aromatic N) is 1. The van der Waals surface area contributed by atoms with Crippen molar-refractivity contribution in [2.24, 2.45) is 5.10 Å². The fraction of sp³-hybridized carbons (Fsp3) is 0.188. The third-order valence-corrected chi connectivity index (χ3v) is 3.48. The average Bonchev–Trinajstić information content (AvgIpc) is 2.93.